The van der Waals surface area contributed by atoms with Crippen LogP contribution in [0.25, 0.3) is 5.52 Å². The highest BCUT2D eigenvalue weighted by Crippen LogP contribution is 2.34. The third kappa shape index (κ3) is 1.88. The van der Waals surface area contributed by atoms with Crippen LogP contribution in [0.2, 0.25) is 0 Å². The predicted octanol–water partition coefficient (Wildman–Crippen LogP) is 3.96. The summed E-state index contributed by atoms with van der Waals surface area (Å²) < 4.78 is 3.01. The molecule has 0 radical (unpaired) electrons. The van der Waals surface area contributed by atoms with Gasteiger partial charge in [-0.1, -0.05) is 19.3 Å². The minimum Gasteiger partial charge on any atom is -0.302 e. The van der Waals surface area contributed by atoms with Crippen LogP contribution in [0, 0.1) is 0 Å². The van der Waals surface area contributed by atoms with Crippen molar-refractivity contribution >= 4 is 27.7 Å². The number of imidazole rings is 1. The lowest BCUT2D eigenvalue weighted by Gasteiger charge is -2.20. The molecule has 4 heteroatoms. The van der Waals surface area contributed by atoms with Gasteiger partial charge >= 0.3 is 0 Å². The van der Waals surface area contributed by atoms with E-state index in [1.807, 2.05) is 18.3 Å². The largest absolute Gasteiger partial charge is 0.302 e. The van der Waals surface area contributed by atoms with Crippen LogP contribution < -0.4 is 0 Å². The highest BCUT2D eigenvalue weighted by Gasteiger charge is 2.22. The van der Waals surface area contributed by atoms with E-state index in [0.29, 0.717) is 11.6 Å². The highest BCUT2D eigenvalue weighted by molar-refractivity contribution is 9.10. The Balaban J connectivity index is 2.17. The standard InChI is InChI=1S/C14H15BrN2O/c15-11-7-4-8-17-13(11)12(9-18)16-14(17)10-5-2-1-3-6-10/h4,7-10H,1-3,5-6H2. The van der Waals surface area contributed by atoms with Gasteiger partial charge in [0.25, 0.3) is 0 Å². The maximum absolute atomic E-state index is 11.2. The Labute approximate surface area is 114 Å². The van der Waals surface area contributed by atoms with Gasteiger partial charge in [-0.2, -0.15) is 0 Å². The van der Waals surface area contributed by atoms with Crippen molar-refractivity contribution in [2.45, 2.75) is 38.0 Å². The van der Waals surface area contributed by atoms with Gasteiger partial charge in [0, 0.05) is 16.6 Å². The summed E-state index contributed by atoms with van der Waals surface area (Å²) in [4.78, 5) is 15.7. The fourth-order valence-electron chi connectivity index (χ4n) is 2.88. The van der Waals surface area contributed by atoms with Crippen molar-refractivity contribution in [3.8, 4) is 0 Å². The van der Waals surface area contributed by atoms with E-state index in [9.17, 15) is 4.79 Å². The molecule has 3 nitrogen and oxygen atoms in total. The molecule has 94 valence electrons. The Morgan fingerprint density at radius 1 is 1.33 bits per heavy atom. The van der Waals surface area contributed by atoms with E-state index in [1.54, 1.807) is 0 Å². The van der Waals surface area contributed by atoms with Gasteiger partial charge in [0.05, 0.1) is 5.52 Å². The lowest BCUT2D eigenvalue weighted by Crippen LogP contribution is -2.08. The van der Waals surface area contributed by atoms with Crippen LogP contribution in [-0.2, 0) is 0 Å². The Kier molecular flexibility index (Phi) is 3.20. The van der Waals surface area contributed by atoms with Gasteiger partial charge in [0.15, 0.2) is 6.29 Å². The fourth-order valence-corrected chi connectivity index (χ4v) is 3.43. The van der Waals surface area contributed by atoms with Crippen molar-refractivity contribution in [3.63, 3.8) is 0 Å². The molecule has 0 atom stereocenters. The number of halogens is 1. The van der Waals surface area contributed by atoms with Crippen LogP contribution in [-0.4, -0.2) is 15.7 Å². The summed E-state index contributed by atoms with van der Waals surface area (Å²) in [5.41, 5.74) is 1.44. The number of carbonyl (C=O) groups is 1. The quantitative estimate of drug-likeness (QED) is 0.787. The third-order valence-electron chi connectivity index (χ3n) is 3.75. The topological polar surface area (TPSA) is 34.4 Å². The van der Waals surface area contributed by atoms with E-state index in [-0.39, 0.29) is 0 Å². The Bertz CT molecular complexity index is 585. The molecule has 0 aromatic carbocycles. The first kappa shape index (κ1) is 11.9. The Morgan fingerprint density at radius 3 is 2.83 bits per heavy atom. The third-order valence-corrected chi connectivity index (χ3v) is 4.39. The van der Waals surface area contributed by atoms with E-state index in [1.165, 1.54) is 32.1 Å². The average molecular weight is 307 g/mol. The van der Waals surface area contributed by atoms with Gasteiger partial charge in [0.2, 0.25) is 0 Å². The summed E-state index contributed by atoms with van der Waals surface area (Å²) >= 11 is 3.51. The number of fused-ring (bicyclic) bond motifs is 1. The fraction of sp³-hybridized carbons (Fsp3) is 0.429. The number of pyridine rings is 1. The molecule has 0 N–H and O–H groups in total. The van der Waals surface area contributed by atoms with Crippen LogP contribution in [0.1, 0.15) is 54.3 Å². The maximum atomic E-state index is 11.2. The van der Waals surface area contributed by atoms with Gasteiger partial charge in [-0.05, 0) is 40.9 Å². The first-order valence-electron chi connectivity index (χ1n) is 6.43. The molecule has 3 rings (SSSR count). The molecule has 1 aliphatic rings. The molecule has 0 amide bonds. The predicted molar refractivity (Wildman–Crippen MR) is 74.1 cm³/mol. The van der Waals surface area contributed by atoms with Crippen molar-refractivity contribution in [1.82, 2.24) is 9.38 Å². The van der Waals surface area contributed by atoms with Gasteiger partial charge in [0.1, 0.15) is 11.5 Å². The summed E-state index contributed by atoms with van der Waals surface area (Å²) in [5.74, 6) is 1.54. The minimum absolute atomic E-state index is 0.495. The molecule has 1 fully saturated rings. The van der Waals surface area contributed by atoms with Crippen molar-refractivity contribution in [2.75, 3.05) is 0 Å². The van der Waals surface area contributed by atoms with E-state index in [0.717, 1.165) is 22.1 Å². The minimum atomic E-state index is 0.495. The molecule has 0 bridgehead atoms. The molecule has 18 heavy (non-hydrogen) atoms. The number of rotatable bonds is 2. The maximum Gasteiger partial charge on any atom is 0.170 e. The summed E-state index contributed by atoms with van der Waals surface area (Å²) in [6.45, 7) is 0. The summed E-state index contributed by atoms with van der Waals surface area (Å²) in [6, 6.07) is 3.94. The molecule has 0 unspecified atom stereocenters. The van der Waals surface area contributed by atoms with Crippen LogP contribution in [0.15, 0.2) is 22.8 Å². The smallest absolute Gasteiger partial charge is 0.170 e. The molecular weight excluding hydrogens is 292 g/mol. The summed E-state index contributed by atoms with van der Waals surface area (Å²) in [7, 11) is 0. The second-order valence-electron chi connectivity index (χ2n) is 4.88. The van der Waals surface area contributed by atoms with E-state index in [4.69, 9.17) is 0 Å². The Hall–Kier alpha value is -1.16. The zero-order valence-electron chi connectivity index (χ0n) is 10.1. The van der Waals surface area contributed by atoms with Gasteiger partial charge in [-0.3, -0.25) is 4.79 Å². The second kappa shape index (κ2) is 4.84. The second-order valence-corrected chi connectivity index (χ2v) is 5.74. The lowest BCUT2D eigenvalue weighted by molar-refractivity contribution is 0.112. The number of carbonyl (C=O) groups excluding carboxylic acids is 1. The Morgan fingerprint density at radius 2 is 2.11 bits per heavy atom. The van der Waals surface area contributed by atoms with Crippen molar-refractivity contribution in [3.05, 3.63) is 34.3 Å². The number of aromatic nitrogens is 2. The van der Waals surface area contributed by atoms with Crippen LogP contribution in [0.5, 0.6) is 0 Å². The van der Waals surface area contributed by atoms with E-state index < -0.39 is 0 Å². The average Bonchev–Trinajstić information content (AvgIpc) is 2.80. The molecule has 0 aliphatic heterocycles. The van der Waals surface area contributed by atoms with E-state index in [2.05, 4.69) is 25.3 Å². The monoisotopic (exact) mass is 306 g/mol. The summed E-state index contributed by atoms with van der Waals surface area (Å²) in [5, 5.41) is 0. The zero-order chi connectivity index (χ0) is 12.5. The van der Waals surface area contributed by atoms with Crippen LogP contribution in [0.4, 0.5) is 0 Å². The normalized spacial score (nSPS) is 17.2. The van der Waals surface area contributed by atoms with Crippen molar-refractivity contribution < 1.29 is 4.79 Å². The molecule has 2 heterocycles. The van der Waals surface area contributed by atoms with Gasteiger partial charge in [-0.15, -0.1) is 0 Å². The van der Waals surface area contributed by atoms with Crippen molar-refractivity contribution in [1.29, 1.82) is 0 Å². The van der Waals surface area contributed by atoms with Crippen molar-refractivity contribution in [2.24, 2.45) is 0 Å². The molecule has 2 aromatic heterocycles. The van der Waals surface area contributed by atoms with Crippen LogP contribution in [0.3, 0.4) is 0 Å². The molecule has 1 aliphatic carbocycles. The van der Waals surface area contributed by atoms with Crippen LogP contribution >= 0.6 is 15.9 Å². The highest BCUT2D eigenvalue weighted by atomic mass is 79.9. The van der Waals surface area contributed by atoms with Gasteiger partial charge in [-0.25, -0.2) is 4.98 Å². The number of hydrogen-bond donors (Lipinski definition) is 0. The lowest BCUT2D eigenvalue weighted by atomic mass is 9.89. The summed E-state index contributed by atoms with van der Waals surface area (Å²) in [6.07, 6.45) is 9.09. The zero-order valence-corrected chi connectivity index (χ0v) is 11.7. The van der Waals surface area contributed by atoms with E-state index >= 15 is 0 Å². The first-order valence-corrected chi connectivity index (χ1v) is 7.22. The molecule has 0 spiro atoms. The molecule has 1 saturated carbocycles. The van der Waals surface area contributed by atoms with Gasteiger partial charge < -0.3 is 4.40 Å². The first-order chi connectivity index (χ1) is 8.81. The molecule has 0 saturated heterocycles. The molecule has 2 aromatic rings. The SMILES string of the molecule is O=Cc1nc(C2CCCCC2)n2cccc(Br)c12. The number of hydrogen-bond acceptors (Lipinski definition) is 2. The number of nitrogens with zero attached hydrogens (tertiary/aromatic N) is 2. The molecular formula is C14H15BrN2O. The number of aldehydes is 1.